The maximum Gasteiger partial charge on any atom is 0.243 e. The number of fused-ring (bicyclic) bond motifs is 1. The SMILES string of the molecule is COCc1noc([C@@H](C)N(C)C[C@H]2CCc3nccn3C2)n1. The zero-order chi connectivity index (χ0) is 15.5. The number of hydrogen-bond acceptors (Lipinski definition) is 6. The van der Waals surface area contributed by atoms with Gasteiger partial charge in [0.25, 0.3) is 0 Å². The molecular weight excluding hydrogens is 282 g/mol. The number of methoxy groups -OCH3 is 1. The molecule has 0 aromatic carbocycles. The first-order valence-corrected chi connectivity index (χ1v) is 7.69. The number of ether oxygens (including phenoxy) is 1. The molecule has 2 aromatic heterocycles. The molecule has 0 aliphatic carbocycles. The van der Waals surface area contributed by atoms with Crippen molar-refractivity contribution >= 4 is 0 Å². The molecule has 0 radical (unpaired) electrons. The van der Waals surface area contributed by atoms with Crippen LogP contribution in [0, 0.1) is 5.92 Å². The number of aromatic nitrogens is 4. The topological polar surface area (TPSA) is 69.2 Å². The van der Waals surface area contributed by atoms with Crippen molar-refractivity contribution in [1.29, 1.82) is 0 Å². The van der Waals surface area contributed by atoms with Gasteiger partial charge < -0.3 is 13.8 Å². The lowest BCUT2D eigenvalue weighted by molar-refractivity contribution is 0.163. The van der Waals surface area contributed by atoms with Crippen molar-refractivity contribution in [3.05, 3.63) is 29.9 Å². The Bertz CT molecular complexity index is 609. The van der Waals surface area contributed by atoms with Crippen LogP contribution in [-0.4, -0.2) is 45.3 Å². The van der Waals surface area contributed by atoms with Gasteiger partial charge >= 0.3 is 0 Å². The molecule has 1 aliphatic rings. The predicted molar refractivity (Wildman–Crippen MR) is 80.1 cm³/mol. The number of aryl methyl sites for hydroxylation is 1. The summed E-state index contributed by atoms with van der Waals surface area (Å²) < 4.78 is 12.6. The van der Waals surface area contributed by atoms with Gasteiger partial charge in [0.2, 0.25) is 5.89 Å². The van der Waals surface area contributed by atoms with Crippen LogP contribution in [0.4, 0.5) is 0 Å². The van der Waals surface area contributed by atoms with E-state index in [0.717, 1.165) is 19.5 Å². The highest BCUT2D eigenvalue weighted by atomic mass is 16.5. The largest absolute Gasteiger partial charge is 0.377 e. The van der Waals surface area contributed by atoms with Crippen LogP contribution in [0.5, 0.6) is 0 Å². The Labute approximate surface area is 130 Å². The summed E-state index contributed by atoms with van der Waals surface area (Å²) >= 11 is 0. The fourth-order valence-corrected chi connectivity index (χ4v) is 2.96. The molecule has 1 aliphatic heterocycles. The molecule has 0 fully saturated rings. The van der Waals surface area contributed by atoms with E-state index < -0.39 is 0 Å². The average Bonchev–Trinajstić information content (AvgIpc) is 3.15. The van der Waals surface area contributed by atoms with Crippen LogP contribution in [-0.2, 0) is 24.3 Å². The Kier molecular flexibility index (Phi) is 4.54. The maximum atomic E-state index is 5.34. The molecule has 0 N–H and O–H groups in total. The van der Waals surface area contributed by atoms with E-state index in [1.165, 1.54) is 12.2 Å². The van der Waals surface area contributed by atoms with E-state index in [0.29, 0.717) is 24.2 Å². The molecule has 22 heavy (non-hydrogen) atoms. The number of nitrogens with zero attached hydrogens (tertiary/aromatic N) is 5. The first-order valence-electron chi connectivity index (χ1n) is 7.69. The Balaban J connectivity index is 1.58. The lowest BCUT2D eigenvalue weighted by Gasteiger charge is -2.30. The second-order valence-electron chi connectivity index (χ2n) is 6.00. The van der Waals surface area contributed by atoms with Crippen LogP contribution in [0.3, 0.4) is 0 Å². The van der Waals surface area contributed by atoms with Gasteiger partial charge in [0, 0.05) is 39.0 Å². The summed E-state index contributed by atoms with van der Waals surface area (Å²) in [5.74, 6) is 3.07. The molecule has 0 unspecified atom stereocenters. The highest BCUT2D eigenvalue weighted by molar-refractivity contribution is 4.97. The van der Waals surface area contributed by atoms with Crippen molar-refractivity contribution in [3.8, 4) is 0 Å². The van der Waals surface area contributed by atoms with Crippen LogP contribution < -0.4 is 0 Å². The third-order valence-electron chi connectivity index (χ3n) is 4.35. The zero-order valence-corrected chi connectivity index (χ0v) is 13.4. The van der Waals surface area contributed by atoms with Crippen molar-refractivity contribution in [2.45, 2.75) is 39.0 Å². The van der Waals surface area contributed by atoms with E-state index >= 15 is 0 Å². The van der Waals surface area contributed by atoms with Crippen LogP contribution in [0.2, 0.25) is 0 Å². The summed E-state index contributed by atoms with van der Waals surface area (Å²) in [4.78, 5) is 11.0. The van der Waals surface area contributed by atoms with Gasteiger partial charge in [0.05, 0.1) is 6.04 Å². The van der Waals surface area contributed by atoms with E-state index in [-0.39, 0.29) is 6.04 Å². The molecule has 2 atom stereocenters. The summed E-state index contributed by atoms with van der Waals surface area (Å²) in [6.07, 6.45) is 6.19. The quantitative estimate of drug-likeness (QED) is 0.808. The van der Waals surface area contributed by atoms with E-state index in [4.69, 9.17) is 9.26 Å². The van der Waals surface area contributed by atoms with Crippen molar-refractivity contribution in [3.63, 3.8) is 0 Å². The molecule has 3 rings (SSSR count). The van der Waals surface area contributed by atoms with Crippen LogP contribution >= 0.6 is 0 Å². The smallest absolute Gasteiger partial charge is 0.243 e. The van der Waals surface area contributed by atoms with Gasteiger partial charge in [0.1, 0.15) is 12.4 Å². The molecule has 120 valence electrons. The van der Waals surface area contributed by atoms with Crippen molar-refractivity contribution in [2.24, 2.45) is 5.92 Å². The minimum atomic E-state index is 0.0993. The van der Waals surface area contributed by atoms with Gasteiger partial charge in [-0.25, -0.2) is 4.98 Å². The normalized spacial score (nSPS) is 19.4. The highest BCUT2D eigenvalue weighted by Gasteiger charge is 2.24. The molecule has 3 heterocycles. The lowest BCUT2D eigenvalue weighted by atomic mass is 9.98. The van der Waals surface area contributed by atoms with Gasteiger partial charge in [-0.05, 0) is 26.3 Å². The van der Waals surface area contributed by atoms with Gasteiger partial charge in [-0.3, -0.25) is 4.90 Å². The summed E-state index contributed by atoms with van der Waals surface area (Å²) in [5, 5.41) is 3.93. The molecule has 0 saturated heterocycles. The Hall–Kier alpha value is -1.73. The molecular formula is C15H23N5O2. The van der Waals surface area contributed by atoms with Gasteiger partial charge in [0.15, 0.2) is 5.82 Å². The zero-order valence-electron chi connectivity index (χ0n) is 13.4. The van der Waals surface area contributed by atoms with Crippen LogP contribution in [0.15, 0.2) is 16.9 Å². The predicted octanol–water partition coefficient (Wildman–Crippen LogP) is 1.67. The summed E-state index contributed by atoms with van der Waals surface area (Å²) in [5.41, 5.74) is 0. The highest BCUT2D eigenvalue weighted by Crippen LogP contribution is 2.23. The average molecular weight is 305 g/mol. The number of rotatable bonds is 6. The first-order chi connectivity index (χ1) is 10.7. The van der Waals surface area contributed by atoms with Crippen LogP contribution in [0.25, 0.3) is 0 Å². The molecule has 0 bridgehead atoms. The third kappa shape index (κ3) is 3.20. The fourth-order valence-electron chi connectivity index (χ4n) is 2.96. The Morgan fingerprint density at radius 2 is 2.41 bits per heavy atom. The summed E-state index contributed by atoms with van der Waals surface area (Å²) in [7, 11) is 3.73. The monoisotopic (exact) mass is 305 g/mol. The van der Waals surface area contributed by atoms with E-state index in [1.54, 1.807) is 7.11 Å². The summed E-state index contributed by atoms with van der Waals surface area (Å²) in [6.45, 7) is 4.51. The molecule has 0 saturated carbocycles. The maximum absolute atomic E-state index is 5.34. The molecule has 0 amide bonds. The number of imidazole rings is 1. The minimum absolute atomic E-state index is 0.0993. The van der Waals surface area contributed by atoms with Crippen molar-refractivity contribution in [1.82, 2.24) is 24.6 Å². The third-order valence-corrected chi connectivity index (χ3v) is 4.35. The number of hydrogen-bond donors (Lipinski definition) is 0. The van der Waals surface area contributed by atoms with E-state index in [1.807, 2.05) is 6.20 Å². The standard InChI is InChI=1S/C15H23N5O2/c1-11(15-17-13(10-21-3)18-22-15)19(2)8-12-4-5-14-16-6-7-20(14)9-12/h6-7,11-12H,4-5,8-10H2,1-3H3/t11-,12-/m1/s1. The van der Waals surface area contributed by atoms with Crippen molar-refractivity contribution < 1.29 is 9.26 Å². The second-order valence-corrected chi connectivity index (χ2v) is 6.00. The molecule has 2 aromatic rings. The van der Waals surface area contributed by atoms with Gasteiger partial charge in [-0.1, -0.05) is 5.16 Å². The second kappa shape index (κ2) is 6.58. The fraction of sp³-hybridized carbons (Fsp3) is 0.667. The summed E-state index contributed by atoms with van der Waals surface area (Å²) in [6, 6.07) is 0.0993. The molecule has 7 nitrogen and oxygen atoms in total. The molecule has 0 spiro atoms. The Morgan fingerprint density at radius 3 is 3.23 bits per heavy atom. The minimum Gasteiger partial charge on any atom is -0.377 e. The Morgan fingerprint density at radius 1 is 1.55 bits per heavy atom. The first kappa shape index (κ1) is 15.2. The van der Waals surface area contributed by atoms with Crippen molar-refractivity contribution in [2.75, 3.05) is 20.7 Å². The molecule has 7 heteroatoms. The van der Waals surface area contributed by atoms with Gasteiger partial charge in [-0.15, -0.1) is 0 Å². The van der Waals surface area contributed by atoms with E-state index in [9.17, 15) is 0 Å². The van der Waals surface area contributed by atoms with Crippen LogP contribution in [0.1, 0.15) is 36.9 Å². The lowest BCUT2D eigenvalue weighted by Crippen LogP contribution is -2.33. The van der Waals surface area contributed by atoms with E-state index in [2.05, 4.69) is 44.8 Å². The van der Waals surface area contributed by atoms with Gasteiger partial charge in [-0.2, -0.15) is 4.98 Å².